The van der Waals surface area contributed by atoms with Crippen LogP contribution in [0.4, 0.5) is 11.8 Å². The molecule has 1 aromatic carbocycles. The van der Waals surface area contributed by atoms with Gasteiger partial charge in [-0.1, -0.05) is 15.9 Å². The van der Waals surface area contributed by atoms with Crippen molar-refractivity contribution in [2.75, 3.05) is 11.5 Å². The molecule has 0 aliphatic rings. The molecule has 19 heavy (non-hydrogen) atoms. The SMILES string of the molecule is N#Cc1c(N)nc(N)nc1-c1cc(O)c(Br)cc1Br. The fourth-order valence-corrected chi connectivity index (χ4v) is 2.70. The molecule has 1 heterocycles. The van der Waals surface area contributed by atoms with Crippen LogP contribution in [0.25, 0.3) is 11.3 Å². The summed E-state index contributed by atoms with van der Waals surface area (Å²) in [4.78, 5) is 7.75. The highest BCUT2D eigenvalue weighted by Gasteiger charge is 2.17. The third-order valence-corrected chi connectivity index (χ3v) is 3.65. The molecule has 0 unspecified atom stereocenters. The van der Waals surface area contributed by atoms with E-state index < -0.39 is 0 Å². The second-order valence-corrected chi connectivity index (χ2v) is 5.29. The average molecular weight is 385 g/mol. The van der Waals surface area contributed by atoms with Crippen LogP contribution in [-0.2, 0) is 0 Å². The summed E-state index contributed by atoms with van der Waals surface area (Å²) in [6.07, 6.45) is 0. The Balaban J connectivity index is 2.79. The third kappa shape index (κ3) is 2.47. The van der Waals surface area contributed by atoms with Crippen molar-refractivity contribution in [3.8, 4) is 23.1 Å². The number of phenols is 1. The first kappa shape index (κ1) is 13.6. The van der Waals surface area contributed by atoms with E-state index in [1.807, 2.05) is 6.07 Å². The number of benzene rings is 1. The summed E-state index contributed by atoms with van der Waals surface area (Å²) in [7, 11) is 0. The number of anilines is 2. The maximum Gasteiger partial charge on any atom is 0.222 e. The zero-order valence-electron chi connectivity index (χ0n) is 9.35. The molecule has 2 rings (SSSR count). The van der Waals surface area contributed by atoms with Crippen molar-refractivity contribution >= 4 is 43.6 Å². The Hall–Kier alpha value is -1.85. The molecule has 96 valence electrons. The molecule has 0 atom stereocenters. The lowest BCUT2D eigenvalue weighted by Crippen LogP contribution is -2.05. The predicted molar refractivity (Wildman–Crippen MR) is 78.1 cm³/mol. The molecule has 0 fully saturated rings. The largest absolute Gasteiger partial charge is 0.507 e. The lowest BCUT2D eigenvalue weighted by molar-refractivity contribution is 0.472. The van der Waals surface area contributed by atoms with E-state index >= 15 is 0 Å². The normalized spacial score (nSPS) is 10.2. The summed E-state index contributed by atoms with van der Waals surface area (Å²) < 4.78 is 1.14. The summed E-state index contributed by atoms with van der Waals surface area (Å²) in [6.45, 7) is 0. The first-order chi connectivity index (χ1) is 8.93. The molecule has 5 N–H and O–H groups in total. The van der Waals surface area contributed by atoms with Gasteiger partial charge in [-0.2, -0.15) is 10.2 Å². The van der Waals surface area contributed by atoms with Crippen molar-refractivity contribution in [2.45, 2.75) is 0 Å². The van der Waals surface area contributed by atoms with Crippen LogP contribution in [0.2, 0.25) is 0 Å². The summed E-state index contributed by atoms with van der Waals surface area (Å²) >= 11 is 6.53. The minimum atomic E-state index is -0.0409. The molecule has 0 saturated heterocycles. The first-order valence-electron chi connectivity index (χ1n) is 4.95. The monoisotopic (exact) mass is 383 g/mol. The number of nitrogens with zero attached hydrogens (tertiary/aromatic N) is 3. The van der Waals surface area contributed by atoms with Crippen LogP contribution in [0.3, 0.4) is 0 Å². The van der Waals surface area contributed by atoms with Gasteiger partial charge in [0.1, 0.15) is 23.2 Å². The van der Waals surface area contributed by atoms with Crippen LogP contribution in [0.1, 0.15) is 5.56 Å². The smallest absolute Gasteiger partial charge is 0.222 e. The quantitative estimate of drug-likeness (QED) is 0.693. The number of halogens is 2. The van der Waals surface area contributed by atoms with Crippen LogP contribution in [-0.4, -0.2) is 15.1 Å². The Morgan fingerprint density at radius 1 is 1.16 bits per heavy atom. The molecule has 0 bridgehead atoms. The number of rotatable bonds is 1. The van der Waals surface area contributed by atoms with Crippen LogP contribution in [0, 0.1) is 11.3 Å². The van der Waals surface area contributed by atoms with Gasteiger partial charge in [0.15, 0.2) is 0 Å². The Labute approximate surface area is 125 Å². The summed E-state index contributed by atoms with van der Waals surface area (Å²) in [5.41, 5.74) is 12.1. The van der Waals surface area contributed by atoms with Crippen LogP contribution >= 0.6 is 31.9 Å². The maximum atomic E-state index is 9.73. The average Bonchev–Trinajstić information content (AvgIpc) is 2.33. The van der Waals surface area contributed by atoms with Gasteiger partial charge in [0, 0.05) is 10.0 Å². The number of phenolic OH excluding ortho intramolecular Hbond substituents is 1. The second-order valence-electron chi connectivity index (χ2n) is 3.59. The molecule has 0 spiro atoms. The van der Waals surface area contributed by atoms with Crippen molar-refractivity contribution in [3.05, 3.63) is 26.6 Å². The second kappa shape index (κ2) is 5.03. The summed E-state index contributed by atoms with van der Waals surface area (Å²) in [6, 6.07) is 5.02. The van der Waals surface area contributed by atoms with Gasteiger partial charge in [0.25, 0.3) is 0 Å². The van der Waals surface area contributed by atoms with Gasteiger partial charge < -0.3 is 16.6 Å². The van der Waals surface area contributed by atoms with Gasteiger partial charge in [-0.3, -0.25) is 0 Å². The molecule has 0 aliphatic carbocycles. The Morgan fingerprint density at radius 3 is 2.47 bits per heavy atom. The Morgan fingerprint density at radius 2 is 1.84 bits per heavy atom. The van der Waals surface area contributed by atoms with E-state index in [1.54, 1.807) is 6.07 Å². The maximum absolute atomic E-state index is 9.73. The summed E-state index contributed by atoms with van der Waals surface area (Å²) in [5.74, 6) is -0.0297. The van der Waals surface area contributed by atoms with Gasteiger partial charge in [-0.15, -0.1) is 0 Å². The number of aromatic nitrogens is 2. The first-order valence-corrected chi connectivity index (χ1v) is 6.54. The molecule has 0 aliphatic heterocycles. The van der Waals surface area contributed by atoms with Gasteiger partial charge in [0.2, 0.25) is 5.95 Å². The lowest BCUT2D eigenvalue weighted by Gasteiger charge is -2.09. The zero-order chi connectivity index (χ0) is 14.2. The molecule has 2 aromatic rings. The fourth-order valence-electron chi connectivity index (χ4n) is 1.52. The Bertz CT molecular complexity index is 711. The molecule has 6 nitrogen and oxygen atoms in total. The standard InChI is InChI=1S/C11H7Br2N5O/c12-6-2-7(13)8(19)1-4(6)9-5(3-14)10(15)18-11(16)17-9/h1-2,19H,(H4,15,16,17,18). The van der Waals surface area contributed by atoms with E-state index in [0.29, 0.717) is 14.5 Å². The molecular formula is C11H7Br2N5O. The van der Waals surface area contributed by atoms with Crippen LogP contribution in [0.5, 0.6) is 5.75 Å². The van der Waals surface area contributed by atoms with Crippen molar-refractivity contribution in [1.29, 1.82) is 5.26 Å². The van der Waals surface area contributed by atoms with Crippen molar-refractivity contribution in [1.82, 2.24) is 9.97 Å². The summed E-state index contributed by atoms with van der Waals surface area (Å²) in [5, 5.41) is 18.9. The van der Waals surface area contributed by atoms with Crippen LogP contribution < -0.4 is 11.5 Å². The number of nitrogen functional groups attached to an aromatic ring is 2. The highest BCUT2D eigenvalue weighted by Crippen LogP contribution is 2.37. The van der Waals surface area contributed by atoms with E-state index in [1.165, 1.54) is 6.07 Å². The number of hydrogen-bond acceptors (Lipinski definition) is 6. The van der Waals surface area contributed by atoms with Crippen molar-refractivity contribution < 1.29 is 5.11 Å². The Kier molecular flexibility index (Phi) is 3.59. The highest BCUT2D eigenvalue weighted by atomic mass is 79.9. The van der Waals surface area contributed by atoms with Gasteiger partial charge in [0.05, 0.1) is 10.2 Å². The lowest BCUT2D eigenvalue weighted by atomic mass is 10.1. The van der Waals surface area contributed by atoms with E-state index in [4.69, 9.17) is 16.7 Å². The minimum absolute atomic E-state index is 0.000640. The molecule has 8 heteroatoms. The number of nitriles is 1. The highest BCUT2D eigenvalue weighted by molar-refractivity contribution is 9.11. The van der Waals surface area contributed by atoms with E-state index in [2.05, 4.69) is 41.8 Å². The number of aromatic hydroxyl groups is 1. The van der Waals surface area contributed by atoms with Gasteiger partial charge in [-0.25, -0.2) is 4.98 Å². The van der Waals surface area contributed by atoms with Crippen molar-refractivity contribution in [3.63, 3.8) is 0 Å². The fraction of sp³-hybridized carbons (Fsp3) is 0. The topological polar surface area (TPSA) is 122 Å². The molecular weight excluding hydrogens is 378 g/mol. The number of hydrogen-bond donors (Lipinski definition) is 3. The molecule has 0 radical (unpaired) electrons. The van der Waals surface area contributed by atoms with Crippen LogP contribution in [0.15, 0.2) is 21.1 Å². The third-order valence-electron chi connectivity index (χ3n) is 2.36. The van der Waals surface area contributed by atoms with E-state index in [0.717, 1.165) is 0 Å². The van der Waals surface area contributed by atoms with Crippen molar-refractivity contribution in [2.24, 2.45) is 0 Å². The van der Waals surface area contributed by atoms with E-state index in [-0.39, 0.29) is 28.8 Å². The number of nitrogens with two attached hydrogens (primary N) is 2. The van der Waals surface area contributed by atoms with Gasteiger partial charge in [-0.05, 0) is 28.1 Å². The zero-order valence-corrected chi connectivity index (χ0v) is 12.5. The molecule has 0 amide bonds. The predicted octanol–water partition coefficient (Wildman–Crippen LogP) is 2.41. The molecule has 0 saturated carbocycles. The molecule has 1 aromatic heterocycles. The van der Waals surface area contributed by atoms with Gasteiger partial charge >= 0.3 is 0 Å². The minimum Gasteiger partial charge on any atom is -0.507 e. The van der Waals surface area contributed by atoms with E-state index in [9.17, 15) is 5.11 Å².